The largest absolute Gasteiger partial charge is 0.463 e. The SMILES string of the molecule is CCc1nc2c(=O)[nH]cnc2n1[C@@H]1O[C@H](COC(C)=O)[C@@H](OC(C)=O)[C@H]1OC(C)=O. The van der Waals surface area contributed by atoms with Gasteiger partial charge in [0.1, 0.15) is 18.5 Å². The van der Waals surface area contributed by atoms with Gasteiger partial charge in [0.15, 0.2) is 29.6 Å². The number of hydrogen-bond donors (Lipinski definition) is 1. The molecule has 2 aromatic rings. The molecule has 3 rings (SSSR count). The van der Waals surface area contributed by atoms with Crippen LogP contribution in [-0.2, 0) is 39.8 Å². The number of ether oxygens (including phenoxy) is 4. The number of fused-ring (bicyclic) bond motifs is 1. The van der Waals surface area contributed by atoms with Crippen LogP contribution in [0.2, 0.25) is 0 Å². The number of nitrogens with one attached hydrogen (secondary N) is 1. The van der Waals surface area contributed by atoms with Crippen LogP contribution in [0.5, 0.6) is 0 Å². The third-order valence-electron chi connectivity index (χ3n) is 4.47. The lowest BCUT2D eigenvalue weighted by molar-refractivity contribution is -0.166. The number of H-pyrrole nitrogens is 1. The van der Waals surface area contributed by atoms with Crippen molar-refractivity contribution in [2.75, 3.05) is 6.61 Å². The number of hydrogen-bond acceptors (Lipinski definition) is 10. The summed E-state index contributed by atoms with van der Waals surface area (Å²) in [6.45, 7) is 5.22. The molecule has 162 valence electrons. The molecule has 0 unspecified atom stereocenters. The van der Waals surface area contributed by atoms with Crippen LogP contribution in [0.15, 0.2) is 11.1 Å². The number of aromatic nitrogens is 4. The zero-order chi connectivity index (χ0) is 22.0. The van der Waals surface area contributed by atoms with Gasteiger partial charge in [0, 0.05) is 27.2 Å². The summed E-state index contributed by atoms with van der Waals surface area (Å²) in [7, 11) is 0. The van der Waals surface area contributed by atoms with Gasteiger partial charge < -0.3 is 23.9 Å². The lowest BCUT2D eigenvalue weighted by atomic mass is 10.1. The van der Waals surface area contributed by atoms with Gasteiger partial charge in [-0.3, -0.25) is 23.7 Å². The van der Waals surface area contributed by atoms with Crippen molar-refractivity contribution in [3.05, 3.63) is 22.5 Å². The molecule has 12 heteroatoms. The van der Waals surface area contributed by atoms with E-state index in [-0.39, 0.29) is 17.8 Å². The maximum Gasteiger partial charge on any atom is 0.303 e. The number of carbonyl (C=O) groups excluding carboxylic acids is 3. The topological polar surface area (TPSA) is 152 Å². The molecule has 1 aliphatic rings. The van der Waals surface area contributed by atoms with Gasteiger partial charge >= 0.3 is 17.9 Å². The van der Waals surface area contributed by atoms with Crippen LogP contribution in [0.3, 0.4) is 0 Å². The summed E-state index contributed by atoms with van der Waals surface area (Å²) in [4.78, 5) is 57.9. The molecule has 12 nitrogen and oxygen atoms in total. The Balaban J connectivity index is 2.11. The summed E-state index contributed by atoms with van der Waals surface area (Å²) < 4.78 is 23.4. The Labute approximate surface area is 170 Å². The van der Waals surface area contributed by atoms with Crippen LogP contribution in [0.25, 0.3) is 11.2 Å². The van der Waals surface area contributed by atoms with E-state index in [4.69, 9.17) is 18.9 Å². The van der Waals surface area contributed by atoms with Crippen LogP contribution >= 0.6 is 0 Å². The molecule has 2 aromatic heterocycles. The number of aromatic amines is 1. The predicted octanol–water partition coefficient (Wildman–Crippen LogP) is 0.00590. The number of carbonyl (C=O) groups is 3. The zero-order valence-corrected chi connectivity index (χ0v) is 16.9. The Kier molecular flexibility index (Phi) is 6.15. The second-order valence-corrected chi connectivity index (χ2v) is 6.67. The van der Waals surface area contributed by atoms with Gasteiger partial charge in [0.25, 0.3) is 5.56 Å². The number of rotatable bonds is 6. The Hall–Kier alpha value is -3.28. The first-order valence-electron chi connectivity index (χ1n) is 9.30. The molecule has 0 aromatic carbocycles. The predicted molar refractivity (Wildman–Crippen MR) is 99.2 cm³/mol. The molecular weight excluding hydrogens is 400 g/mol. The van der Waals surface area contributed by atoms with Crippen molar-refractivity contribution < 1.29 is 33.3 Å². The fraction of sp³-hybridized carbons (Fsp3) is 0.556. The molecule has 0 bridgehead atoms. The Bertz CT molecular complexity index is 1030. The van der Waals surface area contributed by atoms with Crippen molar-refractivity contribution >= 4 is 29.1 Å². The van der Waals surface area contributed by atoms with E-state index in [0.29, 0.717) is 12.2 Å². The second kappa shape index (κ2) is 8.61. The fourth-order valence-electron chi connectivity index (χ4n) is 3.38. The molecule has 0 radical (unpaired) electrons. The number of imidazole rings is 1. The number of esters is 3. The first kappa shape index (κ1) is 21.4. The van der Waals surface area contributed by atoms with Gasteiger partial charge in [0.05, 0.1) is 6.33 Å². The van der Waals surface area contributed by atoms with Crippen molar-refractivity contribution in [2.24, 2.45) is 0 Å². The van der Waals surface area contributed by atoms with Gasteiger partial charge in [-0.2, -0.15) is 0 Å². The highest BCUT2D eigenvalue weighted by molar-refractivity contribution is 5.71. The molecule has 0 amide bonds. The standard InChI is InChI=1S/C18H22N4O8/c1-5-12-21-13-16(19-7-20-17(13)26)22(12)18-15(29-10(4)25)14(28-9(3)24)11(30-18)6-27-8(2)23/h7,11,14-15,18H,5-6H2,1-4H3,(H,19,20,26)/t11-,14-,15-,18-/m1/s1. The Morgan fingerprint density at radius 1 is 1.13 bits per heavy atom. The van der Waals surface area contributed by atoms with Crippen molar-refractivity contribution in [3.63, 3.8) is 0 Å². The maximum absolute atomic E-state index is 12.2. The average molecular weight is 422 g/mol. The van der Waals surface area contributed by atoms with E-state index >= 15 is 0 Å². The number of aryl methyl sites for hydroxylation is 1. The van der Waals surface area contributed by atoms with Crippen molar-refractivity contribution in [1.29, 1.82) is 0 Å². The van der Waals surface area contributed by atoms with Crippen LogP contribution in [0, 0.1) is 0 Å². The minimum absolute atomic E-state index is 0.0898. The van der Waals surface area contributed by atoms with E-state index in [2.05, 4.69) is 15.0 Å². The highest BCUT2D eigenvalue weighted by Gasteiger charge is 2.51. The Morgan fingerprint density at radius 2 is 1.80 bits per heavy atom. The quantitative estimate of drug-likeness (QED) is 0.497. The molecule has 0 saturated carbocycles. The molecule has 30 heavy (non-hydrogen) atoms. The lowest BCUT2D eigenvalue weighted by Gasteiger charge is -2.24. The third-order valence-corrected chi connectivity index (χ3v) is 4.47. The first-order chi connectivity index (χ1) is 14.2. The molecule has 1 N–H and O–H groups in total. The number of nitrogens with zero attached hydrogens (tertiary/aromatic N) is 3. The van der Waals surface area contributed by atoms with E-state index in [9.17, 15) is 19.2 Å². The Morgan fingerprint density at radius 3 is 2.40 bits per heavy atom. The molecule has 1 saturated heterocycles. The van der Waals surface area contributed by atoms with E-state index < -0.39 is 48.0 Å². The minimum atomic E-state index is -1.09. The van der Waals surface area contributed by atoms with Crippen molar-refractivity contribution in [2.45, 2.75) is 58.7 Å². The minimum Gasteiger partial charge on any atom is -0.463 e. The molecular formula is C18H22N4O8. The van der Waals surface area contributed by atoms with E-state index in [1.807, 2.05) is 6.92 Å². The van der Waals surface area contributed by atoms with E-state index in [0.717, 1.165) is 0 Å². The molecule has 0 aliphatic carbocycles. The molecule has 1 fully saturated rings. The van der Waals surface area contributed by atoms with Gasteiger partial charge in [-0.25, -0.2) is 9.97 Å². The van der Waals surface area contributed by atoms with Crippen molar-refractivity contribution in [1.82, 2.24) is 19.5 Å². The highest BCUT2D eigenvalue weighted by Crippen LogP contribution is 2.36. The summed E-state index contributed by atoms with van der Waals surface area (Å²) in [6, 6.07) is 0. The van der Waals surface area contributed by atoms with Gasteiger partial charge in [-0.15, -0.1) is 0 Å². The van der Waals surface area contributed by atoms with Crippen molar-refractivity contribution in [3.8, 4) is 0 Å². The molecule has 0 spiro atoms. The summed E-state index contributed by atoms with van der Waals surface area (Å²) in [5.41, 5.74) is -0.136. The van der Waals surface area contributed by atoms with Gasteiger partial charge in [0.2, 0.25) is 0 Å². The summed E-state index contributed by atoms with van der Waals surface area (Å²) in [5.74, 6) is -1.36. The van der Waals surface area contributed by atoms with E-state index in [1.54, 1.807) is 0 Å². The smallest absolute Gasteiger partial charge is 0.303 e. The summed E-state index contributed by atoms with van der Waals surface area (Å²) in [5, 5.41) is 0. The van der Waals surface area contributed by atoms with Crippen LogP contribution in [0.1, 0.15) is 39.7 Å². The normalized spacial score (nSPS) is 23.3. The second-order valence-electron chi connectivity index (χ2n) is 6.67. The van der Waals surface area contributed by atoms with Crippen LogP contribution in [0.4, 0.5) is 0 Å². The van der Waals surface area contributed by atoms with Crippen LogP contribution < -0.4 is 5.56 Å². The third kappa shape index (κ3) is 4.17. The fourth-order valence-corrected chi connectivity index (χ4v) is 3.38. The maximum atomic E-state index is 12.2. The van der Waals surface area contributed by atoms with Crippen LogP contribution in [-0.4, -0.2) is 62.3 Å². The highest BCUT2D eigenvalue weighted by atomic mass is 16.7. The average Bonchev–Trinajstić information content (AvgIpc) is 3.18. The molecule has 4 atom stereocenters. The van der Waals surface area contributed by atoms with E-state index in [1.165, 1.54) is 31.7 Å². The summed E-state index contributed by atoms with van der Waals surface area (Å²) in [6.07, 6.45) is -2.45. The summed E-state index contributed by atoms with van der Waals surface area (Å²) >= 11 is 0. The molecule has 1 aliphatic heterocycles. The molecule has 3 heterocycles. The first-order valence-corrected chi connectivity index (χ1v) is 9.30. The lowest BCUT2D eigenvalue weighted by Crippen LogP contribution is -2.40. The zero-order valence-electron chi connectivity index (χ0n) is 16.9. The van der Waals surface area contributed by atoms with Gasteiger partial charge in [-0.1, -0.05) is 6.92 Å². The van der Waals surface area contributed by atoms with Gasteiger partial charge in [-0.05, 0) is 0 Å². The monoisotopic (exact) mass is 422 g/mol.